The van der Waals surface area contributed by atoms with Gasteiger partial charge < -0.3 is 10.3 Å². The summed E-state index contributed by atoms with van der Waals surface area (Å²) in [6.07, 6.45) is 1.51. The average molecular weight is 318 g/mol. The molecule has 2 N–H and O–H groups in total. The largest absolute Gasteiger partial charge is 0.328 e. The fraction of sp³-hybridized carbons (Fsp3) is 0.200. The zero-order valence-electron chi connectivity index (χ0n) is 11.2. The number of rotatable bonds is 3. The number of amides is 1. The summed E-state index contributed by atoms with van der Waals surface area (Å²) in [6.45, 7) is 0. The lowest BCUT2D eigenvalue weighted by Crippen LogP contribution is -2.22. The van der Waals surface area contributed by atoms with Gasteiger partial charge in [-0.05, 0) is 29.8 Å². The molecule has 0 bridgehead atoms. The van der Waals surface area contributed by atoms with Crippen LogP contribution in [0.4, 0.5) is 5.69 Å². The van der Waals surface area contributed by atoms with E-state index in [1.54, 1.807) is 6.07 Å². The maximum absolute atomic E-state index is 12.1. The molecule has 0 spiro atoms. The standard InChI is InChI=1S/C15H14N2O2S2/c18-13-12(5-2-6-16-13)14(19)17-11-4-1-3-10(9-11)15-20-7-8-21-15/h1-6,9,15H,7-8H2,(H,16,18)(H,17,19). The lowest BCUT2D eigenvalue weighted by Gasteiger charge is -2.11. The first-order valence-corrected chi connectivity index (χ1v) is 8.66. The van der Waals surface area contributed by atoms with E-state index in [-0.39, 0.29) is 17.0 Å². The van der Waals surface area contributed by atoms with Crippen LogP contribution in [-0.2, 0) is 0 Å². The Bertz CT molecular complexity index is 709. The highest BCUT2D eigenvalue weighted by Gasteiger charge is 2.18. The first kappa shape index (κ1) is 14.3. The number of H-pyrrole nitrogens is 1. The fourth-order valence-electron chi connectivity index (χ4n) is 2.11. The minimum absolute atomic E-state index is 0.118. The average Bonchev–Trinajstić information content (AvgIpc) is 3.02. The van der Waals surface area contributed by atoms with Crippen LogP contribution in [0.5, 0.6) is 0 Å². The molecule has 1 aromatic carbocycles. The summed E-state index contributed by atoms with van der Waals surface area (Å²) >= 11 is 3.83. The minimum Gasteiger partial charge on any atom is -0.328 e. The number of anilines is 1. The van der Waals surface area contributed by atoms with Crippen molar-refractivity contribution in [3.63, 3.8) is 0 Å². The number of nitrogens with one attached hydrogen (secondary N) is 2. The Morgan fingerprint density at radius 2 is 2.00 bits per heavy atom. The Labute approximate surface area is 130 Å². The van der Waals surface area contributed by atoms with Crippen LogP contribution >= 0.6 is 23.5 Å². The van der Waals surface area contributed by atoms with Crippen LogP contribution in [0.25, 0.3) is 0 Å². The number of hydrogen-bond donors (Lipinski definition) is 2. The number of carbonyl (C=O) groups excluding carboxylic acids is 1. The molecule has 1 aromatic heterocycles. The number of carbonyl (C=O) groups is 1. The molecule has 1 aliphatic rings. The Morgan fingerprint density at radius 1 is 1.19 bits per heavy atom. The van der Waals surface area contributed by atoms with Crippen molar-refractivity contribution in [1.29, 1.82) is 0 Å². The van der Waals surface area contributed by atoms with Crippen LogP contribution in [0.3, 0.4) is 0 Å². The van der Waals surface area contributed by atoms with Crippen molar-refractivity contribution in [3.05, 3.63) is 64.1 Å². The Hall–Kier alpha value is -1.66. The van der Waals surface area contributed by atoms with Gasteiger partial charge in [-0.2, -0.15) is 0 Å². The van der Waals surface area contributed by atoms with Gasteiger partial charge in [-0.15, -0.1) is 23.5 Å². The number of benzene rings is 1. The molecule has 1 amide bonds. The quantitative estimate of drug-likeness (QED) is 0.913. The van der Waals surface area contributed by atoms with E-state index in [1.165, 1.54) is 17.8 Å². The van der Waals surface area contributed by atoms with Crippen molar-refractivity contribution in [3.8, 4) is 0 Å². The van der Waals surface area contributed by atoms with E-state index in [0.29, 0.717) is 10.3 Å². The smallest absolute Gasteiger partial charge is 0.261 e. The highest BCUT2D eigenvalue weighted by molar-refractivity contribution is 8.19. The molecule has 108 valence electrons. The van der Waals surface area contributed by atoms with Crippen molar-refractivity contribution < 1.29 is 4.79 Å². The van der Waals surface area contributed by atoms with Crippen LogP contribution < -0.4 is 10.9 Å². The molecule has 0 aliphatic carbocycles. The third-order valence-corrected chi connectivity index (χ3v) is 6.21. The van der Waals surface area contributed by atoms with Gasteiger partial charge in [-0.1, -0.05) is 12.1 Å². The molecule has 3 rings (SSSR count). The van der Waals surface area contributed by atoms with Gasteiger partial charge in [-0.3, -0.25) is 9.59 Å². The monoisotopic (exact) mass is 318 g/mol. The van der Waals surface area contributed by atoms with E-state index in [1.807, 2.05) is 41.7 Å². The molecule has 2 aromatic rings. The summed E-state index contributed by atoms with van der Waals surface area (Å²) < 4.78 is 0.432. The van der Waals surface area contributed by atoms with Crippen LogP contribution in [0.2, 0.25) is 0 Å². The first-order valence-electron chi connectivity index (χ1n) is 6.56. The molecule has 1 saturated heterocycles. The molecule has 1 fully saturated rings. The zero-order valence-corrected chi connectivity index (χ0v) is 12.8. The normalized spacial score (nSPS) is 15.0. The van der Waals surface area contributed by atoms with E-state index in [2.05, 4.69) is 16.4 Å². The SMILES string of the molecule is O=C(Nc1cccc(C2SCCS2)c1)c1ccc[nH]c1=O. The van der Waals surface area contributed by atoms with Gasteiger partial charge in [-0.25, -0.2) is 0 Å². The molecule has 0 saturated carbocycles. The highest BCUT2D eigenvalue weighted by Crippen LogP contribution is 2.45. The lowest BCUT2D eigenvalue weighted by atomic mass is 10.2. The van der Waals surface area contributed by atoms with Crippen molar-refractivity contribution in [2.24, 2.45) is 0 Å². The molecule has 0 atom stereocenters. The molecule has 0 radical (unpaired) electrons. The van der Waals surface area contributed by atoms with Gasteiger partial charge >= 0.3 is 0 Å². The van der Waals surface area contributed by atoms with Crippen LogP contribution in [0.1, 0.15) is 20.5 Å². The zero-order chi connectivity index (χ0) is 14.7. The minimum atomic E-state index is -0.388. The van der Waals surface area contributed by atoms with Crippen molar-refractivity contribution >= 4 is 35.1 Å². The molecule has 0 unspecified atom stereocenters. The fourth-order valence-corrected chi connectivity index (χ4v) is 4.95. The summed E-state index contributed by atoms with van der Waals surface area (Å²) in [5.41, 5.74) is 1.65. The number of aromatic amines is 1. The van der Waals surface area contributed by atoms with Gasteiger partial charge in [0.15, 0.2) is 0 Å². The molecule has 2 heterocycles. The van der Waals surface area contributed by atoms with Gasteiger partial charge in [0.2, 0.25) is 0 Å². The lowest BCUT2D eigenvalue weighted by molar-refractivity contribution is 0.102. The number of pyridine rings is 1. The Kier molecular flexibility index (Phi) is 4.36. The predicted molar refractivity (Wildman–Crippen MR) is 89.1 cm³/mol. The van der Waals surface area contributed by atoms with E-state index < -0.39 is 0 Å². The van der Waals surface area contributed by atoms with Crippen LogP contribution in [-0.4, -0.2) is 22.4 Å². The second-order valence-electron chi connectivity index (χ2n) is 4.57. The summed E-state index contributed by atoms with van der Waals surface area (Å²) in [6, 6.07) is 11.0. The van der Waals surface area contributed by atoms with Crippen molar-refractivity contribution in [2.75, 3.05) is 16.8 Å². The molecule has 4 nitrogen and oxygen atoms in total. The molecular formula is C15H14N2O2S2. The maximum atomic E-state index is 12.1. The Morgan fingerprint density at radius 3 is 2.76 bits per heavy atom. The van der Waals surface area contributed by atoms with Gasteiger partial charge in [0.1, 0.15) is 5.56 Å². The Balaban J connectivity index is 1.79. The summed E-state index contributed by atoms with van der Waals surface area (Å²) in [5, 5.41) is 2.79. The van der Waals surface area contributed by atoms with E-state index >= 15 is 0 Å². The van der Waals surface area contributed by atoms with Gasteiger partial charge in [0.25, 0.3) is 11.5 Å². The summed E-state index contributed by atoms with van der Waals surface area (Å²) in [4.78, 5) is 26.2. The number of aromatic nitrogens is 1. The highest BCUT2D eigenvalue weighted by atomic mass is 32.2. The van der Waals surface area contributed by atoms with Crippen molar-refractivity contribution in [2.45, 2.75) is 4.58 Å². The van der Waals surface area contributed by atoms with E-state index in [0.717, 1.165) is 11.5 Å². The molecule has 1 aliphatic heterocycles. The third kappa shape index (κ3) is 3.33. The molecule has 21 heavy (non-hydrogen) atoms. The molecular weight excluding hydrogens is 304 g/mol. The predicted octanol–water partition coefficient (Wildman–Crippen LogP) is 3.11. The molecule has 6 heteroatoms. The second kappa shape index (κ2) is 6.41. The van der Waals surface area contributed by atoms with Crippen molar-refractivity contribution in [1.82, 2.24) is 4.98 Å². The second-order valence-corrected chi connectivity index (χ2v) is 7.29. The van der Waals surface area contributed by atoms with Crippen LogP contribution in [0, 0.1) is 0 Å². The number of thioether (sulfide) groups is 2. The summed E-state index contributed by atoms with van der Waals surface area (Å²) in [7, 11) is 0. The van der Waals surface area contributed by atoms with Gasteiger partial charge in [0.05, 0.1) is 4.58 Å². The third-order valence-electron chi connectivity index (χ3n) is 3.10. The summed E-state index contributed by atoms with van der Waals surface area (Å²) in [5.74, 6) is 1.93. The van der Waals surface area contributed by atoms with Gasteiger partial charge in [0, 0.05) is 23.4 Å². The first-order chi connectivity index (χ1) is 10.2. The van der Waals surface area contributed by atoms with Crippen LogP contribution in [0.15, 0.2) is 47.4 Å². The van der Waals surface area contributed by atoms with E-state index in [4.69, 9.17) is 0 Å². The maximum Gasteiger partial charge on any atom is 0.261 e. The topological polar surface area (TPSA) is 62.0 Å². The number of hydrogen-bond acceptors (Lipinski definition) is 4. The van der Waals surface area contributed by atoms with E-state index in [9.17, 15) is 9.59 Å².